The molecule has 8 heteroatoms. The van der Waals surface area contributed by atoms with Crippen molar-refractivity contribution in [1.29, 1.82) is 0 Å². The van der Waals surface area contributed by atoms with Crippen molar-refractivity contribution < 1.29 is 14.3 Å². The number of benzene rings is 1. The van der Waals surface area contributed by atoms with Gasteiger partial charge in [-0.2, -0.15) is 5.10 Å². The number of amides is 1. The van der Waals surface area contributed by atoms with Crippen LogP contribution in [0, 0.1) is 0 Å². The Labute approximate surface area is 158 Å². The van der Waals surface area contributed by atoms with Crippen LogP contribution in [0.25, 0.3) is 16.9 Å². The summed E-state index contributed by atoms with van der Waals surface area (Å²) in [5.41, 5.74) is 2.67. The Bertz CT molecular complexity index is 1140. The number of ether oxygens (including phenoxy) is 2. The number of aromatic nitrogens is 3. The highest BCUT2D eigenvalue weighted by Crippen LogP contribution is 2.35. The van der Waals surface area contributed by atoms with Crippen LogP contribution >= 0.6 is 11.3 Å². The molecule has 4 heterocycles. The van der Waals surface area contributed by atoms with Crippen molar-refractivity contribution in [3.8, 4) is 22.8 Å². The standard InChI is InChI=1S/C19H14N4O3S/c24-19(21-9-13-2-1-7-27-13)14-10-22-23-15(5-6-20-18(14)23)12-3-4-16-17(8-12)26-11-25-16/h1-8,10H,9,11H2,(H,21,24). The molecule has 5 rings (SSSR count). The molecule has 1 aliphatic heterocycles. The number of hydrogen-bond acceptors (Lipinski definition) is 6. The van der Waals surface area contributed by atoms with Crippen molar-refractivity contribution in [2.24, 2.45) is 0 Å². The monoisotopic (exact) mass is 378 g/mol. The third-order valence-corrected chi connectivity index (χ3v) is 5.19. The first-order valence-electron chi connectivity index (χ1n) is 8.33. The minimum atomic E-state index is -0.200. The van der Waals surface area contributed by atoms with Crippen molar-refractivity contribution in [1.82, 2.24) is 19.9 Å². The first-order valence-corrected chi connectivity index (χ1v) is 9.21. The lowest BCUT2D eigenvalue weighted by Crippen LogP contribution is -2.22. The lowest BCUT2D eigenvalue weighted by molar-refractivity contribution is 0.0952. The Balaban J connectivity index is 1.48. The van der Waals surface area contributed by atoms with Crippen LogP contribution in [-0.4, -0.2) is 27.3 Å². The summed E-state index contributed by atoms with van der Waals surface area (Å²) in [6, 6.07) is 11.5. The third-order valence-electron chi connectivity index (χ3n) is 4.32. The average Bonchev–Trinajstić information content (AvgIpc) is 3.45. The number of hydrogen-bond donors (Lipinski definition) is 1. The van der Waals surface area contributed by atoms with Gasteiger partial charge in [-0.15, -0.1) is 11.3 Å². The van der Waals surface area contributed by atoms with Gasteiger partial charge in [-0.1, -0.05) is 6.07 Å². The molecular weight excluding hydrogens is 364 g/mol. The van der Waals surface area contributed by atoms with Crippen molar-refractivity contribution in [2.45, 2.75) is 6.54 Å². The summed E-state index contributed by atoms with van der Waals surface area (Å²) in [7, 11) is 0. The molecule has 1 aromatic carbocycles. The molecule has 0 atom stereocenters. The largest absolute Gasteiger partial charge is 0.454 e. The maximum atomic E-state index is 12.6. The van der Waals surface area contributed by atoms with Crippen molar-refractivity contribution >= 4 is 22.9 Å². The highest BCUT2D eigenvalue weighted by molar-refractivity contribution is 7.09. The zero-order chi connectivity index (χ0) is 18.2. The van der Waals surface area contributed by atoms with Crippen LogP contribution in [0.1, 0.15) is 15.2 Å². The molecule has 0 saturated heterocycles. The number of fused-ring (bicyclic) bond motifs is 2. The second-order valence-corrected chi connectivity index (χ2v) is 6.99. The molecule has 0 saturated carbocycles. The zero-order valence-electron chi connectivity index (χ0n) is 14.1. The van der Waals surface area contributed by atoms with Crippen LogP contribution in [0.3, 0.4) is 0 Å². The van der Waals surface area contributed by atoms with Crippen LogP contribution in [0.5, 0.6) is 11.5 Å². The van der Waals surface area contributed by atoms with E-state index in [-0.39, 0.29) is 12.7 Å². The van der Waals surface area contributed by atoms with Crippen molar-refractivity contribution in [3.63, 3.8) is 0 Å². The fourth-order valence-electron chi connectivity index (χ4n) is 3.00. The number of carbonyl (C=O) groups excluding carboxylic acids is 1. The molecule has 27 heavy (non-hydrogen) atoms. The Morgan fingerprint density at radius 2 is 2.15 bits per heavy atom. The predicted octanol–water partition coefficient (Wildman–Crippen LogP) is 3.12. The number of nitrogens with zero attached hydrogens (tertiary/aromatic N) is 3. The van der Waals surface area contributed by atoms with E-state index in [1.54, 1.807) is 28.2 Å². The summed E-state index contributed by atoms with van der Waals surface area (Å²) < 4.78 is 12.5. The predicted molar refractivity (Wildman–Crippen MR) is 100 cm³/mol. The summed E-state index contributed by atoms with van der Waals surface area (Å²) in [5.74, 6) is 1.21. The summed E-state index contributed by atoms with van der Waals surface area (Å²) in [4.78, 5) is 18.0. The molecule has 4 aromatic rings. The van der Waals surface area contributed by atoms with Gasteiger partial charge in [0.05, 0.1) is 18.4 Å². The molecular formula is C19H14N4O3S. The van der Waals surface area contributed by atoms with E-state index >= 15 is 0 Å². The van der Waals surface area contributed by atoms with E-state index < -0.39 is 0 Å². The molecule has 1 N–H and O–H groups in total. The topological polar surface area (TPSA) is 77.8 Å². The minimum absolute atomic E-state index is 0.200. The zero-order valence-corrected chi connectivity index (χ0v) is 14.9. The fraction of sp³-hybridized carbons (Fsp3) is 0.105. The Morgan fingerprint density at radius 1 is 1.22 bits per heavy atom. The minimum Gasteiger partial charge on any atom is -0.454 e. The molecule has 0 unspecified atom stereocenters. The molecule has 0 aliphatic carbocycles. The molecule has 7 nitrogen and oxygen atoms in total. The molecule has 3 aromatic heterocycles. The fourth-order valence-corrected chi connectivity index (χ4v) is 3.65. The molecule has 0 fully saturated rings. The number of nitrogens with one attached hydrogen (secondary N) is 1. The Kier molecular flexibility index (Phi) is 3.75. The molecule has 0 radical (unpaired) electrons. The lowest BCUT2D eigenvalue weighted by atomic mass is 10.1. The first kappa shape index (κ1) is 15.8. The van der Waals surface area contributed by atoms with E-state index in [0.29, 0.717) is 23.5 Å². The van der Waals surface area contributed by atoms with Gasteiger partial charge in [0.25, 0.3) is 5.91 Å². The van der Waals surface area contributed by atoms with E-state index in [4.69, 9.17) is 9.47 Å². The second kappa shape index (κ2) is 6.40. The van der Waals surface area contributed by atoms with Crippen molar-refractivity contribution in [3.05, 3.63) is 64.6 Å². The quantitative estimate of drug-likeness (QED) is 0.590. The highest BCUT2D eigenvalue weighted by Gasteiger charge is 2.18. The van der Waals surface area contributed by atoms with Gasteiger partial charge < -0.3 is 14.8 Å². The van der Waals surface area contributed by atoms with Gasteiger partial charge in [-0.25, -0.2) is 9.50 Å². The molecule has 0 spiro atoms. The number of thiophene rings is 1. The van der Waals surface area contributed by atoms with Gasteiger partial charge in [0, 0.05) is 16.6 Å². The van der Waals surface area contributed by atoms with Crippen LogP contribution < -0.4 is 14.8 Å². The van der Waals surface area contributed by atoms with Crippen LogP contribution in [-0.2, 0) is 6.54 Å². The SMILES string of the molecule is O=C(NCc1cccs1)c1cnn2c(-c3ccc4c(c3)OCO4)ccnc12. The molecule has 0 bridgehead atoms. The normalized spacial score (nSPS) is 12.4. The van der Waals surface area contributed by atoms with Crippen LogP contribution in [0.4, 0.5) is 0 Å². The molecule has 134 valence electrons. The van der Waals surface area contributed by atoms with Crippen LogP contribution in [0.15, 0.2) is 54.2 Å². The summed E-state index contributed by atoms with van der Waals surface area (Å²) >= 11 is 1.60. The van der Waals surface area contributed by atoms with Gasteiger partial charge in [0.2, 0.25) is 6.79 Å². The lowest BCUT2D eigenvalue weighted by Gasteiger charge is -2.06. The smallest absolute Gasteiger partial charge is 0.257 e. The summed E-state index contributed by atoms with van der Waals surface area (Å²) in [5, 5.41) is 9.28. The summed E-state index contributed by atoms with van der Waals surface area (Å²) in [6.07, 6.45) is 3.22. The first-order chi connectivity index (χ1) is 13.3. The van der Waals surface area contributed by atoms with E-state index in [1.165, 1.54) is 0 Å². The Morgan fingerprint density at radius 3 is 3.04 bits per heavy atom. The van der Waals surface area contributed by atoms with E-state index in [9.17, 15) is 4.79 Å². The second-order valence-electron chi connectivity index (χ2n) is 5.95. The number of carbonyl (C=O) groups is 1. The maximum Gasteiger partial charge on any atom is 0.257 e. The highest BCUT2D eigenvalue weighted by atomic mass is 32.1. The van der Waals surface area contributed by atoms with Crippen molar-refractivity contribution in [2.75, 3.05) is 6.79 Å². The van der Waals surface area contributed by atoms with Gasteiger partial charge in [-0.05, 0) is 35.7 Å². The third kappa shape index (κ3) is 2.80. The molecule has 1 aliphatic rings. The van der Waals surface area contributed by atoms with Gasteiger partial charge in [0.15, 0.2) is 17.1 Å². The van der Waals surface area contributed by atoms with Crippen LogP contribution in [0.2, 0.25) is 0 Å². The summed E-state index contributed by atoms with van der Waals surface area (Å²) in [6.45, 7) is 0.705. The average molecular weight is 378 g/mol. The van der Waals surface area contributed by atoms with Gasteiger partial charge >= 0.3 is 0 Å². The van der Waals surface area contributed by atoms with E-state index in [0.717, 1.165) is 21.9 Å². The van der Waals surface area contributed by atoms with Gasteiger partial charge in [-0.3, -0.25) is 4.79 Å². The number of rotatable bonds is 4. The van der Waals surface area contributed by atoms with Gasteiger partial charge in [0.1, 0.15) is 5.56 Å². The van der Waals surface area contributed by atoms with E-state index in [2.05, 4.69) is 15.4 Å². The maximum absolute atomic E-state index is 12.6. The van der Waals surface area contributed by atoms with E-state index in [1.807, 2.05) is 41.8 Å². The molecule has 1 amide bonds. The Hall–Kier alpha value is -3.39.